The number of carbonyl (C=O) groups is 2. The first-order valence-electron chi connectivity index (χ1n) is 12.0. The molecule has 0 unspecified atom stereocenters. The number of hydrogen-bond donors (Lipinski definition) is 1. The normalized spacial score (nSPS) is 19.8. The van der Waals surface area contributed by atoms with Crippen LogP contribution in [0.5, 0.6) is 0 Å². The predicted octanol–water partition coefficient (Wildman–Crippen LogP) is 3.41. The van der Waals surface area contributed by atoms with Crippen LogP contribution in [0.25, 0.3) is 0 Å². The van der Waals surface area contributed by atoms with Gasteiger partial charge in [0.2, 0.25) is 5.91 Å². The van der Waals surface area contributed by atoms with Crippen molar-refractivity contribution in [3.8, 4) is 0 Å². The third-order valence-electron chi connectivity index (χ3n) is 6.12. The van der Waals surface area contributed by atoms with Gasteiger partial charge in [-0.05, 0) is 77.6 Å². The Balaban J connectivity index is 1.31. The molecule has 0 aliphatic carbocycles. The highest BCUT2D eigenvalue weighted by atomic mass is 16.6. The molecule has 2 aliphatic rings. The van der Waals surface area contributed by atoms with Crippen molar-refractivity contribution in [2.24, 2.45) is 0 Å². The number of rotatable bonds is 7. The van der Waals surface area contributed by atoms with Gasteiger partial charge in [0.05, 0.1) is 0 Å². The van der Waals surface area contributed by atoms with Crippen molar-refractivity contribution in [1.82, 2.24) is 15.1 Å². The molecule has 1 atom stereocenters. The molecule has 1 aromatic rings. The minimum absolute atomic E-state index is 0.0554. The Kier molecular flexibility index (Phi) is 8.40. The average Bonchev–Trinajstić information content (AvgIpc) is 3.23. The summed E-state index contributed by atoms with van der Waals surface area (Å²) in [6, 6.07) is 8.32. The molecule has 2 fully saturated rings. The average molecular weight is 445 g/mol. The number of ether oxygens (including phenoxy) is 1. The van der Waals surface area contributed by atoms with E-state index >= 15 is 0 Å². The highest BCUT2D eigenvalue weighted by molar-refractivity contribution is 5.86. The Morgan fingerprint density at radius 3 is 2.53 bits per heavy atom. The van der Waals surface area contributed by atoms with E-state index in [0.717, 1.165) is 52.0 Å². The second kappa shape index (κ2) is 11.0. The number of nitrogens with zero attached hydrogens (tertiary/aromatic N) is 3. The van der Waals surface area contributed by atoms with Crippen molar-refractivity contribution in [2.45, 2.75) is 65.0 Å². The maximum Gasteiger partial charge on any atom is 0.410 e. The van der Waals surface area contributed by atoms with Crippen LogP contribution in [0.15, 0.2) is 24.3 Å². The first-order valence-corrected chi connectivity index (χ1v) is 12.0. The lowest BCUT2D eigenvalue weighted by Gasteiger charge is -2.36. The molecular weight excluding hydrogens is 404 g/mol. The molecule has 2 aliphatic heterocycles. The van der Waals surface area contributed by atoms with Crippen molar-refractivity contribution < 1.29 is 14.3 Å². The lowest BCUT2D eigenvalue weighted by molar-refractivity contribution is -0.125. The van der Waals surface area contributed by atoms with E-state index in [1.807, 2.05) is 20.8 Å². The lowest BCUT2D eigenvalue weighted by atomic mass is 10.2. The zero-order valence-electron chi connectivity index (χ0n) is 20.2. The number of aryl methyl sites for hydroxylation is 1. The van der Waals surface area contributed by atoms with Crippen LogP contribution < -0.4 is 10.2 Å². The molecule has 178 valence electrons. The quantitative estimate of drug-likeness (QED) is 0.653. The number of carbonyl (C=O) groups excluding carboxylic acids is 2. The molecule has 0 aromatic heterocycles. The number of unbranched alkanes of at least 4 members (excludes halogenated alkanes) is 1. The molecule has 0 spiro atoms. The number of anilines is 1. The van der Waals surface area contributed by atoms with Gasteiger partial charge in [-0.3, -0.25) is 14.6 Å². The van der Waals surface area contributed by atoms with Crippen molar-refractivity contribution in [3.05, 3.63) is 29.8 Å². The second-order valence-corrected chi connectivity index (χ2v) is 10.00. The second-order valence-electron chi connectivity index (χ2n) is 10.00. The molecule has 1 N–H and O–H groups in total. The summed E-state index contributed by atoms with van der Waals surface area (Å²) in [5, 5.41) is 3.03. The fourth-order valence-corrected chi connectivity index (χ4v) is 4.42. The molecule has 1 aromatic carbocycles. The largest absolute Gasteiger partial charge is 0.444 e. The van der Waals surface area contributed by atoms with Crippen molar-refractivity contribution in [2.75, 3.05) is 50.7 Å². The molecule has 2 heterocycles. The third kappa shape index (κ3) is 7.12. The summed E-state index contributed by atoms with van der Waals surface area (Å²) in [4.78, 5) is 31.5. The minimum atomic E-state index is -0.549. The lowest BCUT2D eigenvalue weighted by Crippen LogP contribution is -2.48. The molecule has 0 saturated carbocycles. The highest BCUT2D eigenvalue weighted by Crippen LogP contribution is 2.21. The van der Waals surface area contributed by atoms with Crippen LogP contribution in [0, 0.1) is 6.92 Å². The number of piperazine rings is 1. The molecular formula is C25H40N4O3. The van der Waals surface area contributed by atoms with E-state index in [2.05, 4.69) is 46.3 Å². The van der Waals surface area contributed by atoms with E-state index < -0.39 is 11.6 Å². The van der Waals surface area contributed by atoms with Crippen molar-refractivity contribution in [1.29, 1.82) is 0 Å². The molecule has 7 heteroatoms. The van der Waals surface area contributed by atoms with Gasteiger partial charge in [-0.15, -0.1) is 0 Å². The fraction of sp³-hybridized carbons (Fsp3) is 0.680. The molecule has 2 amide bonds. The van der Waals surface area contributed by atoms with Gasteiger partial charge in [0.25, 0.3) is 0 Å². The summed E-state index contributed by atoms with van der Waals surface area (Å²) in [7, 11) is 0. The molecule has 32 heavy (non-hydrogen) atoms. The molecule has 2 saturated heterocycles. The van der Waals surface area contributed by atoms with Gasteiger partial charge in [0, 0.05) is 45.0 Å². The summed E-state index contributed by atoms with van der Waals surface area (Å²) in [6.07, 6.45) is 3.16. The maximum atomic E-state index is 12.6. The van der Waals surface area contributed by atoms with Gasteiger partial charge in [0.15, 0.2) is 0 Å². The van der Waals surface area contributed by atoms with Gasteiger partial charge in [-0.25, -0.2) is 4.79 Å². The maximum absolute atomic E-state index is 12.6. The van der Waals surface area contributed by atoms with Crippen LogP contribution in [0.2, 0.25) is 0 Å². The Hall–Kier alpha value is -2.28. The van der Waals surface area contributed by atoms with Gasteiger partial charge < -0.3 is 15.0 Å². The first-order chi connectivity index (χ1) is 15.2. The Morgan fingerprint density at radius 1 is 1.09 bits per heavy atom. The fourth-order valence-electron chi connectivity index (χ4n) is 4.42. The Bertz CT molecular complexity index is 769. The number of amides is 2. The number of benzene rings is 1. The van der Waals surface area contributed by atoms with Gasteiger partial charge in [0.1, 0.15) is 11.6 Å². The van der Waals surface area contributed by atoms with Gasteiger partial charge in [-0.2, -0.15) is 0 Å². The van der Waals surface area contributed by atoms with Gasteiger partial charge >= 0.3 is 6.09 Å². The number of nitrogens with one attached hydrogen (secondary N) is 1. The topological polar surface area (TPSA) is 65.1 Å². The van der Waals surface area contributed by atoms with Crippen molar-refractivity contribution in [3.63, 3.8) is 0 Å². The summed E-state index contributed by atoms with van der Waals surface area (Å²) in [5.41, 5.74) is 2.07. The number of hydrogen-bond acceptors (Lipinski definition) is 5. The van der Waals surface area contributed by atoms with E-state index in [9.17, 15) is 9.59 Å². The van der Waals surface area contributed by atoms with E-state index in [1.165, 1.54) is 11.3 Å². The first kappa shape index (κ1) is 24.4. The Morgan fingerprint density at radius 2 is 1.84 bits per heavy atom. The SMILES string of the molecule is Cc1cccc(N2CCN(CCCCNC(=O)[C@@H]3CCCN3C(=O)OC(C)(C)C)CC2)c1. The Labute approximate surface area is 193 Å². The molecule has 7 nitrogen and oxygen atoms in total. The summed E-state index contributed by atoms with van der Waals surface area (Å²) < 4.78 is 5.45. The van der Waals surface area contributed by atoms with Crippen LogP contribution in [0.4, 0.5) is 10.5 Å². The van der Waals surface area contributed by atoms with Gasteiger partial charge in [-0.1, -0.05) is 12.1 Å². The zero-order valence-corrected chi connectivity index (χ0v) is 20.2. The van der Waals surface area contributed by atoms with Crippen LogP contribution in [-0.4, -0.2) is 79.3 Å². The monoisotopic (exact) mass is 444 g/mol. The van der Waals surface area contributed by atoms with Crippen LogP contribution in [0.1, 0.15) is 52.0 Å². The summed E-state index contributed by atoms with van der Waals surface area (Å²) >= 11 is 0. The summed E-state index contributed by atoms with van der Waals surface area (Å²) in [6.45, 7) is 14.2. The van der Waals surface area contributed by atoms with E-state index in [0.29, 0.717) is 19.5 Å². The molecule has 3 rings (SSSR count). The molecule has 0 radical (unpaired) electrons. The van der Waals surface area contributed by atoms with Crippen LogP contribution in [-0.2, 0) is 9.53 Å². The van der Waals surface area contributed by atoms with Crippen molar-refractivity contribution >= 4 is 17.7 Å². The summed E-state index contributed by atoms with van der Waals surface area (Å²) in [5.74, 6) is -0.0554. The highest BCUT2D eigenvalue weighted by Gasteiger charge is 2.36. The van der Waals surface area contributed by atoms with Crippen LogP contribution in [0.3, 0.4) is 0 Å². The van der Waals surface area contributed by atoms with Crippen LogP contribution >= 0.6 is 0 Å². The predicted molar refractivity (Wildman–Crippen MR) is 128 cm³/mol. The van der Waals surface area contributed by atoms with E-state index in [-0.39, 0.29) is 12.0 Å². The molecule has 0 bridgehead atoms. The van der Waals surface area contributed by atoms with E-state index in [1.54, 1.807) is 4.90 Å². The minimum Gasteiger partial charge on any atom is -0.444 e. The standard InChI is InChI=1S/C25H40N4O3/c1-20-9-7-10-21(19-20)28-17-15-27(16-18-28)13-6-5-12-26-23(30)22-11-8-14-29(22)24(31)32-25(2,3)4/h7,9-10,19,22H,5-6,8,11-18H2,1-4H3,(H,26,30)/t22-/m0/s1. The smallest absolute Gasteiger partial charge is 0.410 e. The van der Waals surface area contributed by atoms with E-state index in [4.69, 9.17) is 4.74 Å². The number of likely N-dealkylation sites (tertiary alicyclic amines) is 1. The zero-order chi connectivity index (χ0) is 23.1. The third-order valence-corrected chi connectivity index (χ3v) is 6.12.